The summed E-state index contributed by atoms with van der Waals surface area (Å²) in [4.78, 5) is 15.1. The Hall–Kier alpha value is -1.32. The third-order valence-electron chi connectivity index (χ3n) is 6.99. The second kappa shape index (κ2) is 5.35. The molecular formula is C19H28N4. The molecule has 1 N–H and O–H groups in total. The predicted octanol–water partition coefficient (Wildman–Crippen LogP) is 3.59. The predicted molar refractivity (Wildman–Crippen MR) is 91.5 cm³/mol. The van der Waals surface area contributed by atoms with Crippen LogP contribution in [0.15, 0.2) is 17.5 Å². The molecule has 0 unspecified atom stereocenters. The highest BCUT2D eigenvalue weighted by Gasteiger charge is 2.50. The van der Waals surface area contributed by atoms with Gasteiger partial charge in [-0.2, -0.15) is 0 Å². The van der Waals surface area contributed by atoms with Crippen LogP contribution in [0.2, 0.25) is 0 Å². The van der Waals surface area contributed by atoms with Gasteiger partial charge in [-0.25, -0.2) is 4.98 Å². The zero-order valence-corrected chi connectivity index (χ0v) is 14.0. The molecule has 0 aromatic carbocycles. The molecule has 4 bridgehead atoms. The molecule has 4 heteroatoms. The molecule has 5 fully saturated rings. The van der Waals surface area contributed by atoms with E-state index in [0.29, 0.717) is 11.5 Å². The van der Waals surface area contributed by atoms with E-state index >= 15 is 0 Å². The number of hydrogen-bond donors (Lipinski definition) is 1. The van der Waals surface area contributed by atoms with Gasteiger partial charge in [0.1, 0.15) is 0 Å². The fourth-order valence-corrected chi connectivity index (χ4v) is 6.24. The highest BCUT2D eigenvalue weighted by Crippen LogP contribution is 2.57. The molecule has 0 amide bonds. The lowest BCUT2D eigenvalue weighted by molar-refractivity contribution is 0.00138. The normalized spacial score (nSPS) is 40.3. The third-order valence-corrected chi connectivity index (χ3v) is 6.99. The molecular weight excluding hydrogens is 284 g/mol. The summed E-state index contributed by atoms with van der Waals surface area (Å²) in [5.41, 5.74) is 1.64. The van der Waals surface area contributed by atoms with E-state index in [-0.39, 0.29) is 0 Å². The minimum Gasteiger partial charge on any atom is -0.363 e. The number of nitrogens with zero attached hydrogens (tertiary/aromatic N) is 3. The van der Waals surface area contributed by atoms with Gasteiger partial charge in [0.15, 0.2) is 0 Å². The van der Waals surface area contributed by atoms with E-state index in [2.05, 4.69) is 21.2 Å². The van der Waals surface area contributed by atoms with E-state index in [9.17, 15) is 0 Å². The third kappa shape index (κ3) is 2.60. The molecule has 0 spiro atoms. The van der Waals surface area contributed by atoms with Gasteiger partial charge in [0.25, 0.3) is 0 Å². The number of rotatable bonds is 3. The summed E-state index contributed by atoms with van der Waals surface area (Å²) in [6.45, 7) is 2.28. The van der Waals surface area contributed by atoms with Gasteiger partial charge in [-0.3, -0.25) is 4.99 Å². The zero-order valence-electron chi connectivity index (χ0n) is 14.0. The van der Waals surface area contributed by atoms with Crippen molar-refractivity contribution in [1.29, 1.82) is 0 Å². The number of piperidine rings is 1. The topological polar surface area (TPSA) is 44.3 Å². The first-order chi connectivity index (χ1) is 11.3. The smallest absolute Gasteiger partial charge is 0.0921 e. The van der Waals surface area contributed by atoms with Crippen molar-refractivity contribution in [2.24, 2.45) is 22.7 Å². The molecule has 6 rings (SSSR count). The minimum absolute atomic E-state index is 0.328. The molecule has 2 heterocycles. The molecule has 23 heavy (non-hydrogen) atoms. The molecule has 0 radical (unpaired) electrons. The second-order valence-corrected chi connectivity index (χ2v) is 8.70. The van der Waals surface area contributed by atoms with Crippen LogP contribution in [-0.2, 0) is 0 Å². The zero-order chi connectivity index (χ0) is 15.3. The Morgan fingerprint density at radius 3 is 2.30 bits per heavy atom. The van der Waals surface area contributed by atoms with E-state index < -0.39 is 0 Å². The lowest BCUT2D eigenvalue weighted by Gasteiger charge is -2.55. The SMILES string of the molecule is C(=NC12CC3CC(CC(C3)C1)C2)N1CCC(c2cnc[nH]2)CC1. The molecule has 5 aliphatic rings. The van der Waals surface area contributed by atoms with Gasteiger partial charge in [-0.15, -0.1) is 0 Å². The van der Waals surface area contributed by atoms with E-state index in [1.54, 1.807) is 6.33 Å². The van der Waals surface area contributed by atoms with E-state index in [1.807, 2.05) is 6.20 Å². The number of aromatic nitrogens is 2. The van der Waals surface area contributed by atoms with Crippen LogP contribution in [-0.4, -0.2) is 39.8 Å². The van der Waals surface area contributed by atoms with Crippen LogP contribution in [0.1, 0.15) is 63.0 Å². The number of aliphatic imine (C=N–C) groups is 1. The van der Waals surface area contributed by atoms with Crippen LogP contribution in [0.25, 0.3) is 0 Å². The molecule has 4 nitrogen and oxygen atoms in total. The van der Waals surface area contributed by atoms with Gasteiger partial charge in [0, 0.05) is 30.9 Å². The van der Waals surface area contributed by atoms with Gasteiger partial charge in [-0.1, -0.05) is 0 Å². The van der Waals surface area contributed by atoms with E-state index in [1.165, 1.54) is 57.1 Å². The quantitative estimate of drug-likeness (QED) is 0.685. The van der Waals surface area contributed by atoms with Crippen molar-refractivity contribution in [2.75, 3.05) is 13.1 Å². The number of hydrogen-bond acceptors (Lipinski definition) is 2. The fraction of sp³-hybridized carbons (Fsp3) is 0.789. The molecule has 1 saturated heterocycles. The Morgan fingerprint density at radius 1 is 1.09 bits per heavy atom. The highest BCUT2D eigenvalue weighted by molar-refractivity contribution is 5.56. The van der Waals surface area contributed by atoms with Crippen molar-refractivity contribution in [3.05, 3.63) is 18.2 Å². The van der Waals surface area contributed by atoms with E-state index in [4.69, 9.17) is 4.99 Å². The minimum atomic E-state index is 0.328. The standard InChI is InChI=1S/C19H28N4/c1-3-23(4-2-17(1)18-11-20-12-21-18)13-22-19-8-14-5-15(9-19)7-16(6-14)10-19/h11-17H,1-10H2,(H,20,21). The summed E-state index contributed by atoms with van der Waals surface area (Å²) in [5, 5.41) is 0. The van der Waals surface area contributed by atoms with Crippen molar-refractivity contribution in [3.63, 3.8) is 0 Å². The lowest BCUT2D eigenvalue weighted by atomic mass is 9.53. The first-order valence-electron chi connectivity index (χ1n) is 9.56. The van der Waals surface area contributed by atoms with Crippen molar-refractivity contribution < 1.29 is 0 Å². The maximum atomic E-state index is 5.21. The van der Waals surface area contributed by atoms with Crippen LogP contribution < -0.4 is 0 Å². The van der Waals surface area contributed by atoms with Crippen molar-refractivity contribution in [1.82, 2.24) is 14.9 Å². The van der Waals surface area contributed by atoms with Gasteiger partial charge < -0.3 is 9.88 Å². The highest BCUT2D eigenvalue weighted by atomic mass is 15.2. The van der Waals surface area contributed by atoms with Crippen LogP contribution in [0, 0.1) is 17.8 Å². The summed E-state index contributed by atoms with van der Waals surface area (Å²) >= 11 is 0. The van der Waals surface area contributed by atoms with Gasteiger partial charge in [0.05, 0.1) is 18.2 Å². The monoisotopic (exact) mass is 312 g/mol. The number of likely N-dealkylation sites (tertiary alicyclic amines) is 1. The second-order valence-electron chi connectivity index (χ2n) is 8.70. The Balaban J connectivity index is 1.22. The summed E-state index contributed by atoms with van der Waals surface area (Å²) < 4.78 is 0. The first-order valence-corrected chi connectivity index (χ1v) is 9.56. The number of nitrogens with one attached hydrogen (secondary N) is 1. The average molecular weight is 312 g/mol. The van der Waals surface area contributed by atoms with Crippen molar-refractivity contribution >= 4 is 6.34 Å². The average Bonchev–Trinajstić information content (AvgIpc) is 3.07. The lowest BCUT2D eigenvalue weighted by Crippen LogP contribution is -2.49. The molecule has 4 saturated carbocycles. The van der Waals surface area contributed by atoms with Gasteiger partial charge >= 0.3 is 0 Å². The summed E-state index contributed by atoms with van der Waals surface area (Å²) in [5.74, 6) is 3.63. The summed E-state index contributed by atoms with van der Waals surface area (Å²) in [7, 11) is 0. The Bertz CT molecular complexity index is 533. The Morgan fingerprint density at radius 2 is 1.74 bits per heavy atom. The molecule has 0 atom stereocenters. The Labute approximate surface area is 138 Å². The summed E-state index contributed by atoms with van der Waals surface area (Å²) in [6.07, 6.45) is 17.1. The summed E-state index contributed by atoms with van der Waals surface area (Å²) in [6, 6.07) is 0. The van der Waals surface area contributed by atoms with Crippen molar-refractivity contribution in [2.45, 2.75) is 62.8 Å². The fourth-order valence-electron chi connectivity index (χ4n) is 6.24. The molecule has 4 aliphatic carbocycles. The van der Waals surface area contributed by atoms with E-state index in [0.717, 1.165) is 30.8 Å². The van der Waals surface area contributed by atoms with Crippen LogP contribution >= 0.6 is 0 Å². The molecule has 124 valence electrons. The van der Waals surface area contributed by atoms with Crippen LogP contribution in [0.4, 0.5) is 0 Å². The van der Waals surface area contributed by atoms with Gasteiger partial charge in [0.2, 0.25) is 0 Å². The largest absolute Gasteiger partial charge is 0.363 e. The maximum absolute atomic E-state index is 5.21. The Kier molecular flexibility index (Phi) is 3.27. The number of aromatic amines is 1. The van der Waals surface area contributed by atoms with Crippen LogP contribution in [0.5, 0.6) is 0 Å². The molecule has 1 aromatic heterocycles. The number of H-pyrrole nitrogens is 1. The van der Waals surface area contributed by atoms with Gasteiger partial charge in [-0.05, 0) is 69.1 Å². The maximum Gasteiger partial charge on any atom is 0.0921 e. The molecule has 1 aromatic rings. The molecule has 1 aliphatic heterocycles. The number of imidazole rings is 1. The van der Waals surface area contributed by atoms with Crippen molar-refractivity contribution in [3.8, 4) is 0 Å². The van der Waals surface area contributed by atoms with Crippen LogP contribution in [0.3, 0.4) is 0 Å². The first kappa shape index (κ1) is 14.1.